The zero-order valence-corrected chi connectivity index (χ0v) is 10.3. The zero-order valence-electron chi connectivity index (χ0n) is 10.3. The summed E-state index contributed by atoms with van der Waals surface area (Å²) < 4.78 is 1.75. The van der Waals surface area contributed by atoms with Gasteiger partial charge in [-0.05, 0) is 6.07 Å². The number of H-pyrrole nitrogens is 1. The van der Waals surface area contributed by atoms with E-state index in [0.717, 1.165) is 16.3 Å². The van der Waals surface area contributed by atoms with Crippen LogP contribution in [0.4, 0.5) is 5.95 Å². The number of nitrogen functional groups attached to an aromatic ring is 1. The number of para-hydroxylation sites is 1. The van der Waals surface area contributed by atoms with Crippen LogP contribution in [0.1, 0.15) is 0 Å². The Labute approximate surface area is 112 Å². The fourth-order valence-corrected chi connectivity index (χ4v) is 2.19. The van der Waals surface area contributed by atoms with E-state index >= 15 is 0 Å². The molecule has 98 valence electrons. The molecule has 3 heterocycles. The predicted octanol–water partition coefficient (Wildman–Crippen LogP) is 0.977. The minimum absolute atomic E-state index is 0.302. The van der Waals surface area contributed by atoms with Crippen LogP contribution in [-0.2, 0) is 0 Å². The number of anilines is 1. The van der Waals surface area contributed by atoms with Gasteiger partial charge >= 0.3 is 0 Å². The Kier molecular flexibility index (Phi) is 2.18. The van der Waals surface area contributed by atoms with Gasteiger partial charge in [0.05, 0.1) is 23.3 Å². The number of hydrogen-bond donors (Lipinski definition) is 3. The molecule has 0 fully saturated rings. The van der Waals surface area contributed by atoms with Gasteiger partial charge in [0.25, 0.3) is 0 Å². The molecule has 8 heteroatoms. The van der Waals surface area contributed by atoms with Crippen molar-refractivity contribution < 1.29 is 0 Å². The Morgan fingerprint density at radius 2 is 2.05 bits per heavy atom. The average molecular weight is 266 g/mol. The third-order valence-corrected chi connectivity index (χ3v) is 3.10. The van der Waals surface area contributed by atoms with Crippen LogP contribution in [0, 0.1) is 0 Å². The maximum atomic E-state index is 5.41. The van der Waals surface area contributed by atoms with Crippen molar-refractivity contribution in [3.05, 3.63) is 36.7 Å². The molecule has 0 saturated heterocycles. The quantitative estimate of drug-likeness (QED) is 0.368. The number of hydrogen-bond acceptors (Lipinski definition) is 6. The van der Waals surface area contributed by atoms with Crippen LogP contribution < -0.4 is 11.3 Å². The molecule has 4 aromatic rings. The highest BCUT2D eigenvalue weighted by Crippen LogP contribution is 2.22. The number of nitrogens with zero attached hydrogens (tertiary/aromatic N) is 5. The maximum absolute atomic E-state index is 5.41. The van der Waals surface area contributed by atoms with E-state index in [1.54, 1.807) is 17.1 Å². The fourth-order valence-electron chi connectivity index (χ4n) is 2.19. The molecule has 0 saturated carbocycles. The number of nitrogens with one attached hydrogen (secondary N) is 2. The molecule has 4 N–H and O–H groups in total. The predicted molar refractivity (Wildman–Crippen MR) is 74.1 cm³/mol. The zero-order chi connectivity index (χ0) is 13.5. The molecule has 3 aromatic heterocycles. The molecule has 0 aliphatic carbocycles. The molecular formula is C12H10N8. The lowest BCUT2D eigenvalue weighted by atomic mass is 10.2. The van der Waals surface area contributed by atoms with Crippen LogP contribution in [0.5, 0.6) is 0 Å². The molecule has 1 aromatic carbocycles. The highest BCUT2D eigenvalue weighted by atomic mass is 15.4. The second kappa shape index (κ2) is 4.00. The standard InChI is InChI=1S/C12H10N8/c13-18-12-16-10-8(6-14-19-10)11(17-12)20-9-4-2-1-3-7(9)5-15-20/h1-6H,13H2,(H2,14,16,17,18,19). The summed E-state index contributed by atoms with van der Waals surface area (Å²) in [4.78, 5) is 8.58. The van der Waals surface area contributed by atoms with Crippen molar-refractivity contribution in [3.8, 4) is 5.82 Å². The van der Waals surface area contributed by atoms with E-state index < -0.39 is 0 Å². The molecule has 0 aliphatic rings. The molecule has 4 rings (SSSR count). The summed E-state index contributed by atoms with van der Waals surface area (Å²) in [6, 6.07) is 7.89. The average Bonchev–Trinajstić information content (AvgIpc) is 3.12. The molecule has 0 spiro atoms. The third-order valence-electron chi connectivity index (χ3n) is 3.10. The topological polar surface area (TPSA) is 110 Å². The van der Waals surface area contributed by atoms with Crippen molar-refractivity contribution in [1.82, 2.24) is 29.9 Å². The number of hydrazine groups is 1. The van der Waals surface area contributed by atoms with Crippen LogP contribution >= 0.6 is 0 Å². The van der Waals surface area contributed by atoms with Crippen molar-refractivity contribution in [1.29, 1.82) is 0 Å². The molecule has 0 amide bonds. The maximum Gasteiger partial charge on any atom is 0.241 e. The molecule has 8 nitrogen and oxygen atoms in total. The smallest absolute Gasteiger partial charge is 0.241 e. The summed E-state index contributed by atoms with van der Waals surface area (Å²) in [7, 11) is 0. The SMILES string of the molecule is NNc1nc(-n2ncc3ccccc32)c2cn[nH]c2n1. The van der Waals surface area contributed by atoms with Crippen molar-refractivity contribution >= 4 is 27.9 Å². The van der Waals surface area contributed by atoms with E-state index in [-0.39, 0.29) is 0 Å². The number of aromatic amines is 1. The lowest BCUT2D eigenvalue weighted by Gasteiger charge is -2.06. The van der Waals surface area contributed by atoms with Crippen LogP contribution in [0.3, 0.4) is 0 Å². The third kappa shape index (κ3) is 1.45. The van der Waals surface area contributed by atoms with E-state index in [2.05, 4.69) is 30.7 Å². The molecule has 0 unspecified atom stereocenters. The van der Waals surface area contributed by atoms with Crippen molar-refractivity contribution in [2.24, 2.45) is 5.84 Å². The number of aromatic nitrogens is 6. The first-order valence-corrected chi connectivity index (χ1v) is 5.98. The van der Waals surface area contributed by atoms with Crippen LogP contribution in [0.25, 0.3) is 27.8 Å². The van der Waals surface area contributed by atoms with Crippen LogP contribution in [-0.4, -0.2) is 29.9 Å². The first kappa shape index (κ1) is 10.9. The fraction of sp³-hybridized carbons (Fsp3) is 0. The minimum Gasteiger partial charge on any atom is -0.292 e. The summed E-state index contributed by atoms with van der Waals surface area (Å²) in [5, 5.41) is 13.0. The van der Waals surface area contributed by atoms with Crippen LogP contribution in [0.2, 0.25) is 0 Å². The molecule has 0 bridgehead atoms. The Morgan fingerprint density at radius 1 is 1.15 bits per heavy atom. The van der Waals surface area contributed by atoms with Gasteiger partial charge in [-0.25, -0.2) is 10.5 Å². The van der Waals surface area contributed by atoms with E-state index in [1.807, 2.05) is 24.3 Å². The first-order chi connectivity index (χ1) is 9.86. The van der Waals surface area contributed by atoms with Gasteiger partial charge in [-0.1, -0.05) is 18.2 Å². The van der Waals surface area contributed by atoms with E-state index in [9.17, 15) is 0 Å². The van der Waals surface area contributed by atoms with E-state index in [4.69, 9.17) is 5.84 Å². The van der Waals surface area contributed by atoms with Gasteiger partial charge in [0.2, 0.25) is 5.95 Å². The molecule has 0 atom stereocenters. The van der Waals surface area contributed by atoms with Crippen molar-refractivity contribution in [2.45, 2.75) is 0 Å². The van der Waals surface area contributed by atoms with E-state index in [1.165, 1.54) is 0 Å². The molecule has 0 radical (unpaired) electrons. The Hall–Kier alpha value is -3.00. The highest BCUT2D eigenvalue weighted by Gasteiger charge is 2.13. The number of fused-ring (bicyclic) bond motifs is 2. The van der Waals surface area contributed by atoms with Gasteiger partial charge in [-0.3, -0.25) is 10.5 Å². The number of benzene rings is 1. The summed E-state index contributed by atoms with van der Waals surface area (Å²) in [5.41, 5.74) is 4.00. The summed E-state index contributed by atoms with van der Waals surface area (Å²) in [5.74, 6) is 6.33. The second-order valence-electron chi connectivity index (χ2n) is 4.26. The lowest BCUT2D eigenvalue weighted by Crippen LogP contribution is -2.12. The minimum atomic E-state index is 0.302. The molecular weight excluding hydrogens is 256 g/mol. The van der Waals surface area contributed by atoms with Gasteiger partial charge < -0.3 is 0 Å². The molecule has 0 aliphatic heterocycles. The summed E-state index contributed by atoms with van der Waals surface area (Å²) in [6.45, 7) is 0. The van der Waals surface area contributed by atoms with Crippen LogP contribution in [0.15, 0.2) is 36.7 Å². The van der Waals surface area contributed by atoms with Crippen molar-refractivity contribution in [3.63, 3.8) is 0 Å². The lowest BCUT2D eigenvalue weighted by molar-refractivity contribution is 0.878. The Morgan fingerprint density at radius 3 is 2.95 bits per heavy atom. The summed E-state index contributed by atoms with van der Waals surface area (Å²) in [6.07, 6.45) is 3.46. The first-order valence-electron chi connectivity index (χ1n) is 5.98. The van der Waals surface area contributed by atoms with E-state index in [0.29, 0.717) is 17.4 Å². The Balaban J connectivity index is 2.08. The normalized spacial score (nSPS) is 11.2. The molecule has 20 heavy (non-hydrogen) atoms. The number of nitrogens with two attached hydrogens (primary N) is 1. The number of rotatable bonds is 2. The van der Waals surface area contributed by atoms with Gasteiger partial charge in [-0.15, -0.1) is 0 Å². The second-order valence-corrected chi connectivity index (χ2v) is 4.26. The van der Waals surface area contributed by atoms with Crippen molar-refractivity contribution in [2.75, 3.05) is 5.43 Å². The largest absolute Gasteiger partial charge is 0.292 e. The monoisotopic (exact) mass is 266 g/mol. The van der Waals surface area contributed by atoms with Gasteiger partial charge in [-0.2, -0.15) is 20.2 Å². The van der Waals surface area contributed by atoms with Gasteiger partial charge in [0.1, 0.15) is 0 Å². The Bertz CT molecular complexity index is 906. The summed E-state index contributed by atoms with van der Waals surface area (Å²) >= 11 is 0. The van der Waals surface area contributed by atoms with Gasteiger partial charge in [0, 0.05) is 5.39 Å². The van der Waals surface area contributed by atoms with Gasteiger partial charge in [0.15, 0.2) is 11.5 Å². The highest BCUT2D eigenvalue weighted by molar-refractivity contribution is 5.87.